The van der Waals surface area contributed by atoms with Gasteiger partial charge in [-0.1, -0.05) is 42.5 Å². The number of nitrogens with zero attached hydrogens (tertiary/aromatic N) is 2. The average molecular weight is 392 g/mol. The van der Waals surface area contributed by atoms with Crippen molar-refractivity contribution in [3.05, 3.63) is 76.4 Å². The lowest BCUT2D eigenvalue weighted by molar-refractivity contribution is 0.0920. The van der Waals surface area contributed by atoms with E-state index in [2.05, 4.69) is 34.9 Å². The Morgan fingerprint density at radius 3 is 2.66 bits per heavy atom. The summed E-state index contributed by atoms with van der Waals surface area (Å²) in [6, 6.07) is 11.1. The molecule has 1 amide bonds. The van der Waals surface area contributed by atoms with Crippen LogP contribution in [-0.4, -0.2) is 35.2 Å². The Labute approximate surface area is 169 Å². The highest BCUT2D eigenvalue weighted by molar-refractivity contribution is 5.94. The number of nitrogens with one attached hydrogen (secondary N) is 2. The predicted molar refractivity (Wildman–Crippen MR) is 113 cm³/mol. The average Bonchev–Trinajstić information content (AvgIpc) is 3.12. The molecule has 3 rings (SSSR count). The minimum Gasteiger partial charge on any atom is -0.389 e. The highest BCUT2D eigenvalue weighted by atomic mass is 16.3. The van der Waals surface area contributed by atoms with Crippen LogP contribution >= 0.6 is 0 Å². The van der Waals surface area contributed by atoms with Crippen LogP contribution in [0.3, 0.4) is 0 Å². The lowest BCUT2D eigenvalue weighted by Gasteiger charge is -2.11. The lowest BCUT2D eigenvalue weighted by atomic mass is 10.0. The Morgan fingerprint density at radius 2 is 2.00 bits per heavy atom. The monoisotopic (exact) mass is 392 g/mol. The van der Waals surface area contributed by atoms with E-state index in [1.165, 1.54) is 0 Å². The number of pyridine rings is 1. The van der Waals surface area contributed by atoms with E-state index < -0.39 is 6.10 Å². The van der Waals surface area contributed by atoms with Crippen molar-refractivity contribution in [3.63, 3.8) is 0 Å². The zero-order chi connectivity index (χ0) is 20.8. The SMILES string of the molecule is Cc1ccc(NC2=CC(C)C=C2)nc1-c1ccc(C(=O)NCC(O)CN=O)cc1. The first-order chi connectivity index (χ1) is 14.0. The summed E-state index contributed by atoms with van der Waals surface area (Å²) in [5.74, 6) is 0.850. The third kappa shape index (κ3) is 5.36. The van der Waals surface area contributed by atoms with E-state index >= 15 is 0 Å². The van der Waals surface area contributed by atoms with Gasteiger partial charge in [0, 0.05) is 23.4 Å². The van der Waals surface area contributed by atoms with Gasteiger partial charge in [-0.2, -0.15) is 4.91 Å². The van der Waals surface area contributed by atoms with Gasteiger partial charge < -0.3 is 15.7 Å². The molecule has 2 aromatic rings. The zero-order valence-electron chi connectivity index (χ0n) is 16.4. The minimum atomic E-state index is -0.981. The quantitative estimate of drug-likeness (QED) is 0.597. The molecule has 0 saturated heterocycles. The van der Waals surface area contributed by atoms with Crippen LogP contribution in [0.2, 0.25) is 0 Å². The summed E-state index contributed by atoms with van der Waals surface area (Å²) >= 11 is 0. The van der Waals surface area contributed by atoms with Gasteiger partial charge in [-0.05, 0) is 42.7 Å². The molecular weight excluding hydrogens is 368 g/mol. The van der Waals surface area contributed by atoms with Crippen molar-refractivity contribution in [2.45, 2.75) is 20.0 Å². The third-order valence-corrected chi connectivity index (χ3v) is 4.60. The fourth-order valence-corrected chi connectivity index (χ4v) is 3.01. The maximum absolute atomic E-state index is 12.2. The van der Waals surface area contributed by atoms with Crippen molar-refractivity contribution >= 4 is 11.7 Å². The number of hydrogen-bond acceptors (Lipinski definition) is 6. The Hall–Kier alpha value is -3.32. The topological polar surface area (TPSA) is 104 Å². The van der Waals surface area contributed by atoms with E-state index in [0.29, 0.717) is 11.5 Å². The van der Waals surface area contributed by atoms with Crippen LogP contribution in [0.5, 0.6) is 0 Å². The van der Waals surface area contributed by atoms with Gasteiger partial charge in [0.1, 0.15) is 12.4 Å². The number of anilines is 1. The first-order valence-corrected chi connectivity index (χ1v) is 9.47. The number of aliphatic hydroxyl groups is 1. The van der Waals surface area contributed by atoms with E-state index in [1.807, 2.05) is 37.3 Å². The van der Waals surface area contributed by atoms with Gasteiger partial charge in [0.05, 0.1) is 11.8 Å². The minimum absolute atomic E-state index is 0.0242. The smallest absolute Gasteiger partial charge is 0.251 e. The van der Waals surface area contributed by atoms with Crippen LogP contribution in [0.1, 0.15) is 22.8 Å². The summed E-state index contributed by atoms with van der Waals surface area (Å²) in [6.07, 6.45) is 5.32. The number of benzene rings is 1. The van der Waals surface area contributed by atoms with Gasteiger partial charge in [0.15, 0.2) is 0 Å². The third-order valence-electron chi connectivity index (χ3n) is 4.60. The van der Waals surface area contributed by atoms with Gasteiger partial charge in [-0.25, -0.2) is 4.98 Å². The normalized spacial score (nSPS) is 16.2. The standard InChI is InChI=1S/C22H24N4O3/c1-14-3-9-18(11-14)25-20-10-4-15(2)21(26-20)16-5-7-17(8-6-16)22(28)23-12-19(27)13-24-29/h3-11,14,19,27H,12-13H2,1-2H3,(H,23,28)(H,25,26). The second kappa shape index (κ2) is 9.25. The van der Waals surface area contributed by atoms with E-state index in [4.69, 9.17) is 4.98 Å². The van der Waals surface area contributed by atoms with Crippen LogP contribution in [0.15, 0.2) is 65.5 Å². The maximum atomic E-state index is 12.2. The van der Waals surface area contributed by atoms with Crippen molar-refractivity contribution in [2.24, 2.45) is 11.1 Å². The molecule has 1 aromatic carbocycles. The lowest BCUT2D eigenvalue weighted by Crippen LogP contribution is -2.33. The number of aromatic nitrogens is 1. The van der Waals surface area contributed by atoms with Crippen LogP contribution in [0.4, 0.5) is 5.82 Å². The molecule has 0 radical (unpaired) electrons. The maximum Gasteiger partial charge on any atom is 0.251 e. The number of nitroso groups, excluding NO2 is 1. The number of allylic oxidation sites excluding steroid dienone is 3. The van der Waals surface area contributed by atoms with Crippen molar-refractivity contribution in [1.82, 2.24) is 10.3 Å². The molecular formula is C22H24N4O3. The largest absolute Gasteiger partial charge is 0.389 e. The van der Waals surface area contributed by atoms with Crippen molar-refractivity contribution in [1.29, 1.82) is 0 Å². The molecule has 0 saturated carbocycles. The molecule has 0 spiro atoms. The molecule has 29 heavy (non-hydrogen) atoms. The van der Waals surface area contributed by atoms with Gasteiger partial charge in [-0.3, -0.25) is 4.79 Å². The molecule has 2 unspecified atom stereocenters. The first-order valence-electron chi connectivity index (χ1n) is 9.47. The summed E-state index contributed by atoms with van der Waals surface area (Å²) in [7, 11) is 0. The fourth-order valence-electron chi connectivity index (χ4n) is 3.01. The van der Waals surface area contributed by atoms with Crippen molar-refractivity contribution in [2.75, 3.05) is 18.4 Å². The number of aliphatic hydroxyl groups excluding tert-OH is 1. The van der Waals surface area contributed by atoms with Crippen molar-refractivity contribution < 1.29 is 9.90 Å². The molecule has 7 nitrogen and oxygen atoms in total. The second-order valence-corrected chi connectivity index (χ2v) is 7.08. The Morgan fingerprint density at radius 1 is 1.24 bits per heavy atom. The molecule has 7 heteroatoms. The molecule has 1 aliphatic carbocycles. The van der Waals surface area contributed by atoms with Crippen LogP contribution in [-0.2, 0) is 0 Å². The van der Waals surface area contributed by atoms with Gasteiger partial charge >= 0.3 is 0 Å². The molecule has 1 aliphatic rings. The van der Waals surface area contributed by atoms with Crippen molar-refractivity contribution in [3.8, 4) is 11.3 Å². The molecule has 0 fully saturated rings. The number of hydrogen-bond donors (Lipinski definition) is 3. The second-order valence-electron chi connectivity index (χ2n) is 7.08. The fraction of sp³-hybridized carbons (Fsp3) is 0.273. The Bertz CT molecular complexity index is 951. The summed E-state index contributed by atoms with van der Waals surface area (Å²) in [5, 5.41) is 18.0. The van der Waals surface area contributed by atoms with Crippen LogP contribution < -0.4 is 10.6 Å². The highest BCUT2D eigenvalue weighted by Gasteiger charge is 2.12. The van der Waals surface area contributed by atoms with Gasteiger partial charge in [0.2, 0.25) is 0 Å². The summed E-state index contributed by atoms with van der Waals surface area (Å²) in [4.78, 5) is 27.0. The molecule has 0 bridgehead atoms. The molecule has 150 valence electrons. The first kappa shape index (κ1) is 20.4. The summed E-state index contributed by atoms with van der Waals surface area (Å²) in [6.45, 7) is 3.84. The molecule has 2 atom stereocenters. The van der Waals surface area contributed by atoms with E-state index in [9.17, 15) is 14.8 Å². The summed E-state index contributed by atoms with van der Waals surface area (Å²) < 4.78 is 0. The zero-order valence-corrected chi connectivity index (χ0v) is 16.4. The molecule has 1 heterocycles. The van der Waals surface area contributed by atoms with Crippen LogP contribution in [0.25, 0.3) is 11.3 Å². The summed E-state index contributed by atoms with van der Waals surface area (Å²) in [5.41, 5.74) is 4.25. The molecule has 0 aliphatic heterocycles. The molecule has 3 N–H and O–H groups in total. The number of carbonyl (C=O) groups excluding carboxylic acids is 1. The number of rotatable bonds is 8. The van der Waals surface area contributed by atoms with Gasteiger partial charge in [-0.15, -0.1) is 0 Å². The Balaban J connectivity index is 1.71. The highest BCUT2D eigenvalue weighted by Crippen LogP contribution is 2.25. The molecule has 1 aromatic heterocycles. The van der Waals surface area contributed by atoms with Gasteiger partial charge in [0.25, 0.3) is 5.91 Å². The number of amides is 1. The van der Waals surface area contributed by atoms with Crippen LogP contribution in [0, 0.1) is 17.7 Å². The Kier molecular flexibility index (Phi) is 6.51. The van der Waals surface area contributed by atoms with E-state index in [-0.39, 0.29) is 19.0 Å². The predicted octanol–water partition coefficient (Wildman–Crippen LogP) is 3.42. The number of aryl methyl sites for hydroxylation is 1. The van der Waals surface area contributed by atoms with E-state index in [0.717, 1.165) is 28.3 Å². The van der Waals surface area contributed by atoms with E-state index in [1.54, 1.807) is 12.1 Å². The number of carbonyl (C=O) groups is 1.